The maximum atomic E-state index is 13.8. The number of nitrogens with zero attached hydrogens (tertiary/aromatic N) is 4. The van der Waals surface area contributed by atoms with Gasteiger partial charge in [0.1, 0.15) is 5.82 Å². The van der Waals surface area contributed by atoms with Crippen LogP contribution in [-0.4, -0.2) is 71.3 Å². The topological polar surface area (TPSA) is 120 Å². The van der Waals surface area contributed by atoms with Gasteiger partial charge in [0.15, 0.2) is 11.5 Å². The van der Waals surface area contributed by atoms with Crippen LogP contribution in [0, 0.1) is 0 Å². The molecule has 37 heavy (non-hydrogen) atoms. The number of likely N-dealkylation sites (N-methyl/N-ethyl adjacent to an activating group) is 1. The van der Waals surface area contributed by atoms with Crippen molar-refractivity contribution in [3.05, 3.63) is 35.2 Å². The normalized spacial score (nSPS) is 21.1. The van der Waals surface area contributed by atoms with Crippen LogP contribution in [0.5, 0.6) is 0 Å². The van der Waals surface area contributed by atoms with Crippen molar-refractivity contribution in [1.82, 2.24) is 14.9 Å². The van der Waals surface area contributed by atoms with Crippen LogP contribution in [0.15, 0.2) is 18.2 Å². The molecule has 0 unspecified atom stereocenters. The second-order valence-corrected chi connectivity index (χ2v) is 9.77. The molecule has 1 aromatic carbocycles. The number of aromatic nitrogens is 2. The van der Waals surface area contributed by atoms with Crippen LogP contribution < -0.4 is 21.3 Å². The van der Waals surface area contributed by atoms with Gasteiger partial charge in [-0.2, -0.15) is 13.2 Å². The Hall–Kier alpha value is -3.12. The molecule has 0 atom stereocenters. The minimum Gasteiger partial charge on any atom is -0.393 e. The van der Waals surface area contributed by atoms with Crippen LogP contribution in [0.4, 0.5) is 36.2 Å². The number of aliphatic hydroxyl groups is 1. The number of nitrogens with one attached hydrogen (secondary N) is 2. The standard InChI is InChI=1S/C25H34F3N7O2/c1-3-20-23(30-16-4-6-19(36)7-5-16)33-24(21(32-20)22(29)37)31-17-12-15(25(26,27)28)13-18(14-17)35-10-8-34(2)9-11-35/h12-14,16,19,36H,3-11H2,1-2H3,(H2,29,37)(H2,30,31,33). The second kappa shape index (κ2) is 11.1. The van der Waals surface area contributed by atoms with E-state index in [-0.39, 0.29) is 29.3 Å². The van der Waals surface area contributed by atoms with Gasteiger partial charge in [0.25, 0.3) is 5.91 Å². The van der Waals surface area contributed by atoms with Crippen molar-refractivity contribution in [1.29, 1.82) is 0 Å². The summed E-state index contributed by atoms with van der Waals surface area (Å²) in [5, 5.41) is 16.1. The van der Waals surface area contributed by atoms with E-state index >= 15 is 0 Å². The lowest BCUT2D eigenvalue weighted by Gasteiger charge is -2.34. The predicted octanol–water partition coefficient (Wildman–Crippen LogP) is 3.37. The lowest BCUT2D eigenvalue weighted by molar-refractivity contribution is -0.137. The molecule has 1 aliphatic heterocycles. The summed E-state index contributed by atoms with van der Waals surface area (Å²) >= 11 is 0. The van der Waals surface area contributed by atoms with Gasteiger partial charge in [-0.25, -0.2) is 9.97 Å². The molecule has 1 aliphatic carbocycles. The highest BCUT2D eigenvalue weighted by Crippen LogP contribution is 2.36. The van der Waals surface area contributed by atoms with E-state index in [1.54, 1.807) is 6.07 Å². The highest BCUT2D eigenvalue weighted by Gasteiger charge is 2.32. The third kappa shape index (κ3) is 6.61. The fourth-order valence-electron chi connectivity index (χ4n) is 4.74. The zero-order chi connectivity index (χ0) is 26.7. The molecule has 4 rings (SSSR count). The number of rotatable bonds is 7. The Morgan fingerprint density at radius 2 is 1.76 bits per heavy atom. The summed E-state index contributed by atoms with van der Waals surface area (Å²) < 4.78 is 41.4. The largest absolute Gasteiger partial charge is 0.416 e. The van der Waals surface area contributed by atoms with Crippen molar-refractivity contribution < 1.29 is 23.1 Å². The Labute approximate surface area is 214 Å². The van der Waals surface area contributed by atoms with Crippen LogP contribution in [0.3, 0.4) is 0 Å². The number of alkyl halides is 3. The quantitative estimate of drug-likeness (QED) is 0.438. The van der Waals surface area contributed by atoms with E-state index in [1.165, 1.54) is 0 Å². The highest BCUT2D eigenvalue weighted by molar-refractivity contribution is 5.96. The number of carbonyl (C=O) groups excluding carboxylic acids is 1. The first-order valence-corrected chi connectivity index (χ1v) is 12.6. The zero-order valence-corrected chi connectivity index (χ0v) is 21.1. The minimum atomic E-state index is -4.55. The number of benzene rings is 1. The third-order valence-electron chi connectivity index (χ3n) is 6.95. The van der Waals surface area contributed by atoms with Crippen LogP contribution in [0.1, 0.15) is 54.4 Å². The molecule has 2 heterocycles. The number of primary amides is 1. The van der Waals surface area contributed by atoms with Gasteiger partial charge in [0.05, 0.1) is 17.4 Å². The minimum absolute atomic E-state index is 0.00769. The van der Waals surface area contributed by atoms with Gasteiger partial charge in [-0.1, -0.05) is 6.92 Å². The molecule has 0 radical (unpaired) electrons. The van der Waals surface area contributed by atoms with Gasteiger partial charge in [0, 0.05) is 43.6 Å². The Bertz CT molecular complexity index is 1110. The van der Waals surface area contributed by atoms with Crippen LogP contribution in [0.25, 0.3) is 0 Å². The number of hydrogen-bond donors (Lipinski definition) is 4. The zero-order valence-electron chi connectivity index (χ0n) is 21.1. The summed E-state index contributed by atoms with van der Waals surface area (Å²) in [5.74, 6) is -0.391. The molecule has 1 saturated heterocycles. The number of nitrogens with two attached hydrogens (primary N) is 1. The van der Waals surface area contributed by atoms with E-state index in [2.05, 4.69) is 25.5 Å². The molecule has 1 saturated carbocycles. The van der Waals surface area contributed by atoms with Crippen molar-refractivity contribution in [3.63, 3.8) is 0 Å². The Balaban J connectivity index is 1.69. The highest BCUT2D eigenvalue weighted by atomic mass is 19.4. The van der Waals surface area contributed by atoms with E-state index in [0.717, 1.165) is 38.1 Å². The average molecular weight is 522 g/mol. The number of hydrogen-bond acceptors (Lipinski definition) is 8. The Morgan fingerprint density at radius 1 is 1.08 bits per heavy atom. The van der Waals surface area contributed by atoms with Gasteiger partial charge in [-0.3, -0.25) is 4.79 Å². The van der Waals surface area contributed by atoms with E-state index in [0.29, 0.717) is 49.6 Å². The summed E-state index contributed by atoms with van der Waals surface area (Å²) in [5.41, 5.74) is 5.74. The van der Waals surface area contributed by atoms with E-state index in [4.69, 9.17) is 5.73 Å². The number of carbonyl (C=O) groups is 1. The summed E-state index contributed by atoms with van der Waals surface area (Å²) in [4.78, 5) is 25.2. The van der Waals surface area contributed by atoms with Crippen molar-refractivity contribution in [2.24, 2.45) is 5.73 Å². The van der Waals surface area contributed by atoms with Crippen molar-refractivity contribution >= 4 is 28.9 Å². The summed E-state index contributed by atoms with van der Waals surface area (Å²) in [6.45, 7) is 4.54. The lowest BCUT2D eigenvalue weighted by Crippen LogP contribution is -2.44. The van der Waals surface area contributed by atoms with E-state index < -0.39 is 17.6 Å². The fourth-order valence-corrected chi connectivity index (χ4v) is 4.74. The van der Waals surface area contributed by atoms with E-state index in [1.807, 2.05) is 18.9 Å². The molecule has 9 nitrogen and oxygen atoms in total. The number of aryl methyl sites for hydroxylation is 1. The Kier molecular flexibility index (Phi) is 8.08. The lowest BCUT2D eigenvalue weighted by atomic mass is 9.93. The van der Waals surface area contributed by atoms with Crippen molar-refractivity contribution in [3.8, 4) is 0 Å². The van der Waals surface area contributed by atoms with Gasteiger partial charge >= 0.3 is 6.18 Å². The molecule has 1 aromatic heterocycles. The SMILES string of the molecule is CCc1nc(C(N)=O)c(Nc2cc(N3CCN(C)CC3)cc(C(F)(F)F)c2)nc1NC1CCC(O)CC1. The smallest absolute Gasteiger partial charge is 0.393 e. The maximum absolute atomic E-state index is 13.8. The first kappa shape index (κ1) is 26.9. The number of anilines is 4. The molecule has 2 fully saturated rings. The second-order valence-electron chi connectivity index (χ2n) is 9.77. The van der Waals surface area contributed by atoms with Crippen LogP contribution in [0.2, 0.25) is 0 Å². The molecule has 5 N–H and O–H groups in total. The van der Waals surface area contributed by atoms with Crippen LogP contribution >= 0.6 is 0 Å². The van der Waals surface area contributed by atoms with Crippen LogP contribution in [-0.2, 0) is 12.6 Å². The monoisotopic (exact) mass is 521 g/mol. The molecular weight excluding hydrogens is 487 g/mol. The van der Waals surface area contributed by atoms with Gasteiger partial charge in [-0.15, -0.1) is 0 Å². The molecule has 12 heteroatoms. The Morgan fingerprint density at radius 3 is 2.35 bits per heavy atom. The van der Waals surface area contributed by atoms with Gasteiger partial charge in [0.2, 0.25) is 0 Å². The fraction of sp³-hybridized carbons (Fsp3) is 0.560. The summed E-state index contributed by atoms with van der Waals surface area (Å²) in [6, 6.07) is 3.82. The number of halogens is 3. The summed E-state index contributed by atoms with van der Waals surface area (Å²) in [6.07, 6.45) is -1.58. The molecule has 0 bridgehead atoms. The first-order chi connectivity index (χ1) is 17.5. The molecule has 2 aromatic rings. The van der Waals surface area contributed by atoms with Gasteiger partial charge in [-0.05, 0) is 57.4 Å². The number of amides is 1. The summed E-state index contributed by atoms with van der Waals surface area (Å²) in [7, 11) is 1.97. The molecular formula is C25H34F3N7O2. The third-order valence-corrected chi connectivity index (χ3v) is 6.95. The average Bonchev–Trinajstić information content (AvgIpc) is 2.85. The first-order valence-electron chi connectivity index (χ1n) is 12.6. The van der Waals surface area contributed by atoms with E-state index in [9.17, 15) is 23.1 Å². The number of aliphatic hydroxyl groups excluding tert-OH is 1. The van der Waals surface area contributed by atoms with Gasteiger partial charge < -0.3 is 31.3 Å². The number of piperazine rings is 1. The molecule has 2 aliphatic rings. The van der Waals surface area contributed by atoms with Crippen molar-refractivity contribution in [2.45, 2.75) is 57.3 Å². The predicted molar refractivity (Wildman–Crippen MR) is 136 cm³/mol. The van der Waals surface area contributed by atoms with Crippen molar-refractivity contribution in [2.75, 3.05) is 48.8 Å². The maximum Gasteiger partial charge on any atom is 0.416 e. The molecule has 0 spiro atoms. The molecule has 1 amide bonds. The molecule has 202 valence electrons.